The van der Waals surface area contributed by atoms with Crippen molar-refractivity contribution in [2.45, 2.75) is 17.0 Å². The second-order valence-electron chi connectivity index (χ2n) is 8.11. The Kier molecular flexibility index (Phi) is 6.18. The van der Waals surface area contributed by atoms with Crippen LogP contribution >= 0.6 is 34.8 Å². The van der Waals surface area contributed by atoms with Gasteiger partial charge in [-0.1, -0.05) is 71.7 Å². The van der Waals surface area contributed by atoms with Gasteiger partial charge in [-0.05, 0) is 65.7 Å². The maximum atomic E-state index is 14.1. The fourth-order valence-electron chi connectivity index (χ4n) is 4.46. The summed E-state index contributed by atoms with van der Waals surface area (Å²) in [7, 11) is -4.19. The molecule has 0 bridgehead atoms. The highest BCUT2D eigenvalue weighted by Crippen LogP contribution is 2.53. The first-order valence-electron chi connectivity index (χ1n) is 10.6. The summed E-state index contributed by atoms with van der Waals surface area (Å²) in [6, 6.07) is 16.5. The van der Waals surface area contributed by atoms with Gasteiger partial charge < -0.3 is 4.90 Å². The predicted octanol–water partition coefficient (Wildman–Crippen LogP) is 7.50. The van der Waals surface area contributed by atoms with Crippen molar-refractivity contribution in [3.63, 3.8) is 0 Å². The highest BCUT2D eigenvalue weighted by Gasteiger charge is 2.51. The van der Waals surface area contributed by atoms with Crippen LogP contribution in [0.1, 0.15) is 23.2 Å². The number of rotatable bonds is 4. The number of nitrogens with zero attached hydrogens (tertiary/aromatic N) is 2. The minimum atomic E-state index is -4.19. The topological polar surface area (TPSA) is 40.6 Å². The van der Waals surface area contributed by atoms with E-state index in [1.54, 1.807) is 48.6 Å². The Hall–Kier alpha value is -2.77. The summed E-state index contributed by atoms with van der Waals surface area (Å²) in [4.78, 5) is 1.76. The molecule has 3 aromatic carbocycles. The zero-order valence-corrected chi connectivity index (χ0v) is 21.2. The standard InChI is InChI=1S/C26H18Cl3FN2O2S/c1-16-3-2-4-24-31(16)25(17-5-9-19(27)10-6-17)26(18-7-11-20(28)12-8-18)32(24)35(33,34)21-13-14-23(30)22(29)15-21/h2-15,25-26H,1H2/t25-,26+/m0/s1. The number of hydrogen-bond acceptors (Lipinski definition) is 3. The van der Waals surface area contributed by atoms with Crippen LogP contribution in [-0.4, -0.2) is 17.6 Å². The van der Waals surface area contributed by atoms with Gasteiger partial charge in [-0.3, -0.25) is 0 Å². The molecule has 5 rings (SSSR count). The monoisotopic (exact) mass is 546 g/mol. The van der Waals surface area contributed by atoms with Gasteiger partial charge in [0.1, 0.15) is 11.6 Å². The van der Waals surface area contributed by atoms with Crippen molar-refractivity contribution in [2.24, 2.45) is 0 Å². The van der Waals surface area contributed by atoms with Gasteiger partial charge in [0.15, 0.2) is 0 Å². The van der Waals surface area contributed by atoms with Crippen LogP contribution in [0.15, 0.2) is 108 Å². The molecule has 0 aromatic heterocycles. The van der Waals surface area contributed by atoms with Crippen molar-refractivity contribution >= 4 is 44.8 Å². The van der Waals surface area contributed by atoms with Gasteiger partial charge >= 0.3 is 0 Å². The van der Waals surface area contributed by atoms with Crippen LogP contribution in [-0.2, 0) is 10.0 Å². The molecule has 2 heterocycles. The summed E-state index contributed by atoms with van der Waals surface area (Å²) in [6.07, 6.45) is 5.28. The third-order valence-electron chi connectivity index (χ3n) is 6.02. The van der Waals surface area contributed by atoms with Crippen molar-refractivity contribution in [1.29, 1.82) is 0 Å². The van der Waals surface area contributed by atoms with Crippen LogP contribution in [0.3, 0.4) is 0 Å². The van der Waals surface area contributed by atoms with E-state index >= 15 is 0 Å². The van der Waals surface area contributed by atoms with Gasteiger partial charge in [0.2, 0.25) is 0 Å². The lowest BCUT2D eigenvalue weighted by molar-refractivity contribution is 0.346. The fourth-order valence-corrected chi connectivity index (χ4v) is 6.62. The molecule has 1 fully saturated rings. The quantitative estimate of drug-likeness (QED) is 0.340. The lowest BCUT2D eigenvalue weighted by Gasteiger charge is -2.30. The van der Waals surface area contributed by atoms with Crippen molar-refractivity contribution < 1.29 is 12.8 Å². The Balaban J connectivity index is 1.77. The molecule has 0 amide bonds. The highest BCUT2D eigenvalue weighted by molar-refractivity contribution is 7.89. The summed E-state index contributed by atoms with van der Waals surface area (Å²) >= 11 is 18.3. The zero-order chi connectivity index (χ0) is 24.9. The van der Waals surface area contributed by atoms with Gasteiger partial charge in [0, 0.05) is 15.7 Å². The molecule has 4 nitrogen and oxygen atoms in total. The molecule has 0 unspecified atom stereocenters. The third kappa shape index (κ3) is 4.15. The summed E-state index contributed by atoms with van der Waals surface area (Å²) in [5.74, 6) is -0.284. The molecule has 2 aliphatic heterocycles. The Morgan fingerprint density at radius 1 is 0.829 bits per heavy atom. The minimum absolute atomic E-state index is 0.124. The number of allylic oxidation sites excluding steroid dienone is 3. The first-order chi connectivity index (χ1) is 16.7. The summed E-state index contributed by atoms with van der Waals surface area (Å²) < 4.78 is 43.5. The summed E-state index contributed by atoms with van der Waals surface area (Å²) in [5.41, 5.74) is 2.18. The average Bonchev–Trinajstić information content (AvgIpc) is 3.19. The van der Waals surface area contributed by atoms with Crippen LogP contribution in [0.5, 0.6) is 0 Å². The number of sulfonamides is 1. The first kappa shape index (κ1) is 23.9. The molecule has 0 aliphatic carbocycles. The van der Waals surface area contributed by atoms with E-state index in [-0.39, 0.29) is 9.92 Å². The molecular formula is C26H18Cl3FN2O2S. The summed E-state index contributed by atoms with van der Waals surface area (Å²) in [6.45, 7) is 4.17. The number of halogens is 4. The van der Waals surface area contributed by atoms with Crippen molar-refractivity contribution in [1.82, 2.24) is 9.21 Å². The first-order valence-corrected chi connectivity index (χ1v) is 13.1. The number of benzene rings is 3. The molecule has 9 heteroatoms. The Morgan fingerprint density at radius 3 is 1.97 bits per heavy atom. The van der Waals surface area contributed by atoms with Crippen molar-refractivity contribution in [2.75, 3.05) is 0 Å². The maximum Gasteiger partial charge on any atom is 0.266 e. The Morgan fingerprint density at radius 2 is 1.40 bits per heavy atom. The molecule has 2 aliphatic rings. The van der Waals surface area contributed by atoms with E-state index in [2.05, 4.69) is 6.58 Å². The third-order valence-corrected chi connectivity index (χ3v) is 8.59. The zero-order valence-electron chi connectivity index (χ0n) is 18.1. The van der Waals surface area contributed by atoms with Crippen LogP contribution in [0.2, 0.25) is 15.1 Å². The predicted molar refractivity (Wildman–Crippen MR) is 137 cm³/mol. The molecule has 35 heavy (non-hydrogen) atoms. The van der Waals surface area contributed by atoms with Crippen LogP contribution in [0.4, 0.5) is 4.39 Å². The fraction of sp³-hybridized carbons (Fsp3) is 0.0769. The molecule has 1 saturated heterocycles. The molecule has 0 saturated carbocycles. The van der Waals surface area contributed by atoms with E-state index in [0.717, 1.165) is 17.7 Å². The minimum Gasteiger partial charge on any atom is -0.318 e. The van der Waals surface area contributed by atoms with Gasteiger partial charge in [-0.2, -0.15) is 0 Å². The lowest BCUT2D eigenvalue weighted by atomic mass is 9.93. The SMILES string of the molecule is C=C1C=CC=C2N1[C@@H](c1ccc(Cl)cc1)[C@@H](c1ccc(Cl)cc1)N2S(=O)(=O)c1ccc(F)c(Cl)c1. The second-order valence-corrected chi connectivity index (χ2v) is 11.2. The van der Waals surface area contributed by atoms with E-state index in [0.29, 0.717) is 27.1 Å². The lowest BCUT2D eigenvalue weighted by Crippen LogP contribution is -2.31. The number of hydrogen-bond donors (Lipinski definition) is 0. The molecule has 0 N–H and O–H groups in total. The smallest absolute Gasteiger partial charge is 0.266 e. The van der Waals surface area contributed by atoms with Gasteiger partial charge in [-0.25, -0.2) is 17.1 Å². The van der Waals surface area contributed by atoms with Crippen molar-refractivity contribution in [3.05, 3.63) is 135 Å². The molecule has 0 spiro atoms. The summed E-state index contributed by atoms with van der Waals surface area (Å²) in [5, 5.41) is 0.812. The number of fused-ring (bicyclic) bond motifs is 1. The maximum absolute atomic E-state index is 14.1. The van der Waals surface area contributed by atoms with Crippen molar-refractivity contribution in [3.8, 4) is 0 Å². The molecule has 178 valence electrons. The van der Waals surface area contributed by atoms with E-state index in [1.165, 1.54) is 10.4 Å². The largest absolute Gasteiger partial charge is 0.318 e. The van der Waals surface area contributed by atoms with E-state index in [1.807, 2.05) is 23.1 Å². The second kappa shape index (κ2) is 9.03. The van der Waals surface area contributed by atoms with Gasteiger partial charge in [-0.15, -0.1) is 0 Å². The normalized spacial score (nSPS) is 19.7. The highest BCUT2D eigenvalue weighted by atomic mass is 35.5. The van der Waals surface area contributed by atoms with Gasteiger partial charge in [0.25, 0.3) is 10.0 Å². The van der Waals surface area contributed by atoms with Crippen LogP contribution in [0.25, 0.3) is 0 Å². The van der Waals surface area contributed by atoms with Crippen LogP contribution in [0, 0.1) is 5.82 Å². The molecule has 3 aromatic rings. The molecule has 0 radical (unpaired) electrons. The van der Waals surface area contributed by atoms with Gasteiger partial charge in [0.05, 0.1) is 22.0 Å². The molecule has 2 atom stereocenters. The average molecular weight is 548 g/mol. The molecular weight excluding hydrogens is 530 g/mol. The Bertz CT molecular complexity index is 1490. The van der Waals surface area contributed by atoms with E-state index in [9.17, 15) is 12.8 Å². The van der Waals surface area contributed by atoms with Crippen LogP contribution < -0.4 is 0 Å². The Labute approximate surface area is 218 Å². The van der Waals surface area contributed by atoms with E-state index < -0.39 is 27.9 Å². The van der Waals surface area contributed by atoms with E-state index in [4.69, 9.17) is 34.8 Å².